The van der Waals surface area contributed by atoms with Crippen LogP contribution in [0.25, 0.3) is 33.3 Å². The third-order valence-corrected chi connectivity index (χ3v) is 7.25. The number of rotatable bonds is 4. The average Bonchev–Trinajstić information content (AvgIpc) is 3.62. The molecule has 11 heteroatoms. The Morgan fingerprint density at radius 2 is 1.75 bits per heavy atom. The Bertz CT molecular complexity index is 1570. The first-order chi connectivity index (χ1) is 17.5. The lowest BCUT2D eigenvalue weighted by atomic mass is 10.1. The summed E-state index contributed by atoms with van der Waals surface area (Å²) in [5.41, 5.74) is 3.64. The van der Waals surface area contributed by atoms with Gasteiger partial charge in [0.2, 0.25) is 0 Å². The predicted octanol–water partition coefficient (Wildman–Crippen LogP) is 4.92. The Kier molecular flexibility index (Phi) is 5.62. The molecule has 0 spiro atoms. The van der Waals surface area contributed by atoms with Crippen molar-refractivity contribution < 1.29 is 9.18 Å². The number of nitrogens with zero attached hydrogens (tertiary/aromatic N) is 7. The number of hydrogen-bond donors (Lipinski definition) is 0. The SMILES string of the molecule is Cn1nc(-c2ccc(Cl)cc2)cc1C(=O)N1CCn2c(nnc2-c2csc(-c3ccc(F)cc3)n2)C1. The van der Waals surface area contributed by atoms with Gasteiger partial charge in [0.15, 0.2) is 11.6 Å². The smallest absolute Gasteiger partial charge is 0.272 e. The Hall–Kier alpha value is -3.89. The van der Waals surface area contributed by atoms with Gasteiger partial charge in [-0.25, -0.2) is 9.37 Å². The fourth-order valence-corrected chi connectivity index (χ4v) is 5.14. The lowest BCUT2D eigenvalue weighted by Crippen LogP contribution is -2.39. The van der Waals surface area contributed by atoms with Crippen LogP contribution in [0.5, 0.6) is 0 Å². The number of hydrogen-bond acceptors (Lipinski definition) is 6. The number of thiazole rings is 1. The molecule has 1 amide bonds. The van der Waals surface area contributed by atoms with Crippen LogP contribution in [0.3, 0.4) is 0 Å². The number of carbonyl (C=O) groups is 1. The van der Waals surface area contributed by atoms with E-state index in [0.717, 1.165) is 16.1 Å². The maximum atomic E-state index is 13.3. The number of carbonyl (C=O) groups excluding carboxylic acids is 1. The van der Waals surface area contributed by atoms with Gasteiger partial charge in [0.25, 0.3) is 5.91 Å². The lowest BCUT2D eigenvalue weighted by Gasteiger charge is -2.27. The summed E-state index contributed by atoms with van der Waals surface area (Å²) in [6.07, 6.45) is 0. The van der Waals surface area contributed by atoms with Crippen LogP contribution in [0.2, 0.25) is 5.02 Å². The molecule has 8 nitrogen and oxygen atoms in total. The molecule has 0 aliphatic carbocycles. The van der Waals surface area contributed by atoms with E-state index in [1.165, 1.54) is 23.5 Å². The summed E-state index contributed by atoms with van der Waals surface area (Å²) in [6, 6.07) is 15.4. The summed E-state index contributed by atoms with van der Waals surface area (Å²) in [4.78, 5) is 19.8. The fraction of sp³-hybridized carbons (Fsp3) is 0.160. The fourth-order valence-electron chi connectivity index (χ4n) is 4.21. The topological polar surface area (TPSA) is 81.7 Å². The zero-order chi connectivity index (χ0) is 24.8. The standard InChI is InChI=1S/C25H19ClFN7OS/c1-32-21(12-19(31-32)15-2-6-17(26)7-3-15)25(35)33-10-11-34-22(13-33)29-30-23(34)20-14-36-24(28-20)16-4-8-18(27)9-5-16/h2-9,12,14H,10-11,13H2,1H3. The van der Waals surface area contributed by atoms with Crippen LogP contribution in [-0.4, -0.2) is 46.9 Å². The summed E-state index contributed by atoms with van der Waals surface area (Å²) in [6.45, 7) is 1.39. The van der Waals surface area contributed by atoms with E-state index in [2.05, 4.69) is 20.3 Å². The predicted molar refractivity (Wildman–Crippen MR) is 135 cm³/mol. The highest BCUT2D eigenvalue weighted by molar-refractivity contribution is 7.13. The molecular formula is C25H19ClFN7OS. The number of amides is 1. The second-order valence-corrected chi connectivity index (χ2v) is 9.70. The molecule has 5 aromatic rings. The first-order valence-electron chi connectivity index (χ1n) is 11.2. The molecule has 2 aromatic carbocycles. The lowest BCUT2D eigenvalue weighted by molar-refractivity contribution is 0.0696. The summed E-state index contributed by atoms with van der Waals surface area (Å²) >= 11 is 7.46. The Labute approximate surface area is 214 Å². The third-order valence-electron chi connectivity index (χ3n) is 6.10. The maximum Gasteiger partial charge on any atom is 0.272 e. The minimum atomic E-state index is -0.284. The second kappa shape index (κ2) is 8.96. The normalized spacial score (nSPS) is 13.1. The molecule has 3 aromatic heterocycles. The summed E-state index contributed by atoms with van der Waals surface area (Å²) in [5.74, 6) is 0.954. The minimum absolute atomic E-state index is 0.117. The second-order valence-electron chi connectivity index (χ2n) is 8.41. The van der Waals surface area contributed by atoms with E-state index >= 15 is 0 Å². The van der Waals surface area contributed by atoms with Crippen molar-refractivity contribution >= 4 is 28.8 Å². The van der Waals surface area contributed by atoms with Crippen LogP contribution in [0.1, 0.15) is 16.3 Å². The molecule has 0 unspecified atom stereocenters. The van der Waals surface area contributed by atoms with E-state index in [1.54, 1.807) is 47.0 Å². The Morgan fingerprint density at radius 3 is 2.53 bits per heavy atom. The number of aromatic nitrogens is 6. The van der Waals surface area contributed by atoms with Gasteiger partial charge in [-0.05, 0) is 42.5 Å². The first kappa shape index (κ1) is 22.6. The van der Waals surface area contributed by atoms with E-state index < -0.39 is 0 Å². The van der Waals surface area contributed by atoms with Gasteiger partial charge in [-0.2, -0.15) is 5.10 Å². The summed E-state index contributed by atoms with van der Waals surface area (Å²) in [7, 11) is 1.76. The van der Waals surface area contributed by atoms with Gasteiger partial charge in [-0.3, -0.25) is 9.48 Å². The van der Waals surface area contributed by atoms with Crippen molar-refractivity contribution in [2.45, 2.75) is 13.1 Å². The molecule has 0 saturated carbocycles. The molecule has 0 fully saturated rings. The van der Waals surface area contributed by atoms with Crippen molar-refractivity contribution in [1.82, 2.24) is 34.4 Å². The average molecular weight is 520 g/mol. The van der Waals surface area contributed by atoms with Gasteiger partial charge in [0.05, 0.1) is 12.2 Å². The van der Waals surface area contributed by atoms with Gasteiger partial charge >= 0.3 is 0 Å². The van der Waals surface area contributed by atoms with E-state index in [9.17, 15) is 9.18 Å². The van der Waals surface area contributed by atoms with Crippen molar-refractivity contribution in [3.8, 4) is 33.3 Å². The zero-order valence-corrected chi connectivity index (χ0v) is 20.7. The van der Waals surface area contributed by atoms with Crippen LogP contribution in [-0.2, 0) is 20.1 Å². The highest BCUT2D eigenvalue weighted by atomic mass is 35.5. The largest absolute Gasteiger partial charge is 0.328 e. The van der Waals surface area contributed by atoms with Crippen LogP contribution in [0, 0.1) is 5.82 Å². The number of fused-ring (bicyclic) bond motifs is 1. The molecule has 4 heterocycles. The van der Waals surface area contributed by atoms with Crippen LogP contribution >= 0.6 is 22.9 Å². The number of benzene rings is 2. The van der Waals surface area contributed by atoms with Gasteiger partial charge in [-0.15, -0.1) is 21.5 Å². The van der Waals surface area contributed by atoms with E-state index in [-0.39, 0.29) is 11.7 Å². The third kappa shape index (κ3) is 4.08. The molecule has 0 radical (unpaired) electrons. The van der Waals surface area contributed by atoms with Crippen molar-refractivity contribution in [1.29, 1.82) is 0 Å². The molecule has 1 aliphatic rings. The molecule has 180 valence electrons. The highest BCUT2D eigenvalue weighted by Gasteiger charge is 2.28. The molecule has 36 heavy (non-hydrogen) atoms. The minimum Gasteiger partial charge on any atom is -0.328 e. The highest BCUT2D eigenvalue weighted by Crippen LogP contribution is 2.30. The molecule has 0 atom stereocenters. The molecule has 6 rings (SSSR count). The van der Waals surface area contributed by atoms with Gasteiger partial charge in [0.1, 0.15) is 22.2 Å². The van der Waals surface area contributed by atoms with Crippen molar-refractivity contribution in [3.63, 3.8) is 0 Å². The van der Waals surface area contributed by atoms with E-state index in [1.807, 2.05) is 22.1 Å². The molecule has 0 bridgehead atoms. The maximum absolute atomic E-state index is 13.3. The van der Waals surface area contributed by atoms with Crippen LogP contribution < -0.4 is 0 Å². The number of aryl methyl sites for hydroxylation is 1. The number of halogens is 2. The van der Waals surface area contributed by atoms with E-state index in [0.29, 0.717) is 53.4 Å². The van der Waals surface area contributed by atoms with Crippen LogP contribution in [0.4, 0.5) is 4.39 Å². The van der Waals surface area contributed by atoms with Crippen LogP contribution in [0.15, 0.2) is 60.0 Å². The van der Waals surface area contributed by atoms with Crippen molar-refractivity contribution in [3.05, 3.63) is 82.3 Å². The van der Waals surface area contributed by atoms with Gasteiger partial charge in [-0.1, -0.05) is 23.7 Å². The quantitative estimate of drug-likeness (QED) is 0.337. The monoisotopic (exact) mass is 519 g/mol. The summed E-state index contributed by atoms with van der Waals surface area (Å²) in [5, 5.41) is 16.5. The summed E-state index contributed by atoms with van der Waals surface area (Å²) < 4.78 is 16.9. The molecule has 0 N–H and O–H groups in total. The first-order valence-corrected chi connectivity index (χ1v) is 12.5. The molecule has 1 aliphatic heterocycles. The Morgan fingerprint density at radius 1 is 1.00 bits per heavy atom. The molecule has 0 saturated heterocycles. The van der Waals surface area contributed by atoms with E-state index in [4.69, 9.17) is 11.6 Å². The zero-order valence-electron chi connectivity index (χ0n) is 19.1. The molecular weight excluding hydrogens is 501 g/mol. The van der Waals surface area contributed by atoms with Crippen molar-refractivity contribution in [2.75, 3.05) is 6.54 Å². The van der Waals surface area contributed by atoms with Crippen molar-refractivity contribution in [2.24, 2.45) is 7.05 Å². The Balaban J connectivity index is 1.21. The van der Waals surface area contributed by atoms with Gasteiger partial charge in [0, 0.05) is 41.7 Å². The van der Waals surface area contributed by atoms with Gasteiger partial charge < -0.3 is 9.47 Å².